The lowest BCUT2D eigenvalue weighted by Crippen LogP contribution is -2.37. The van der Waals surface area contributed by atoms with Crippen LogP contribution in [0.1, 0.15) is 31.4 Å². The molecule has 1 N–H and O–H groups in total. The highest BCUT2D eigenvalue weighted by molar-refractivity contribution is 7.89. The number of aromatic nitrogens is 1. The molecule has 112 valence electrons. The summed E-state index contributed by atoms with van der Waals surface area (Å²) in [6.45, 7) is 0.735. The van der Waals surface area contributed by atoms with E-state index >= 15 is 0 Å². The summed E-state index contributed by atoms with van der Waals surface area (Å²) in [6.07, 6.45) is 5.37. The Morgan fingerprint density at radius 3 is 2.95 bits per heavy atom. The second-order valence-corrected chi connectivity index (χ2v) is 7.20. The van der Waals surface area contributed by atoms with Crippen molar-refractivity contribution in [2.45, 2.75) is 38.1 Å². The molecule has 0 aromatic carbocycles. The zero-order valence-electron chi connectivity index (χ0n) is 11.6. The summed E-state index contributed by atoms with van der Waals surface area (Å²) < 4.78 is 26.5. The highest BCUT2D eigenvalue weighted by Gasteiger charge is 2.33. The molecule has 1 aliphatic rings. The Bertz CT molecular complexity index is 504. The number of rotatable bonds is 7. The van der Waals surface area contributed by atoms with Crippen molar-refractivity contribution in [3.8, 4) is 0 Å². The molecular formula is C14H22N2O3S. The van der Waals surface area contributed by atoms with Crippen molar-refractivity contribution in [2.75, 3.05) is 18.9 Å². The van der Waals surface area contributed by atoms with Crippen LogP contribution < -0.4 is 0 Å². The van der Waals surface area contributed by atoms with Crippen LogP contribution in [0.15, 0.2) is 24.4 Å². The predicted octanol–water partition coefficient (Wildman–Crippen LogP) is 1.19. The van der Waals surface area contributed by atoms with E-state index in [1.165, 1.54) is 0 Å². The zero-order valence-corrected chi connectivity index (χ0v) is 12.4. The first-order valence-corrected chi connectivity index (χ1v) is 8.74. The third kappa shape index (κ3) is 4.01. The first-order chi connectivity index (χ1) is 9.63. The van der Waals surface area contributed by atoms with Gasteiger partial charge in [-0.05, 0) is 37.8 Å². The van der Waals surface area contributed by atoms with Crippen LogP contribution in [0.25, 0.3) is 0 Å². The van der Waals surface area contributed by atoms with Gasteiger partial charge in [-0.1, -0.05) is 6.07 Å². The smallest absolute Gasteiger partial charge is 0.214 e. The Morgan fingerprint density at radius 2 is 2.25 bits per heavy atom. The first kappa shape index (κ1) is 15.4. The van der Waals surface area contributed by atoms with E-state index in [0.717, 1.165) is 25.0 Å². The number of aliphatic hydroxyl groups excluding tert-OH is 1. The minimum Gasteiger partial charge on any atom is -0.396 e. The average molecular weight is 298 g/mol. The van der Waals surface area contributed by atoms with E-state index in [1.54, 1.807) is 10.5 Å². The molecule has 0 spiro atoms. The number of aliphatic hydroxyl groups is 1. The van der Waals surface area contributed by atoms with Crippen LogP contribution >= 0.6 is 0 Å². The molecule has 0 radical (unpaired) electrons. The lowest BCUT2D eigenvalue weighted by atomic mass is 10.1. The molecule has 2 heterocycles. The standard InChI is InChI=1S/C14H22N2O3S/c17-11-4-7-14-6-3-10-16(14)20(18,19)12-8-13-5-1-2-9-15-13/h1-2,5,9,14,17H,3-4,6-8,10-12H2. The molecule has 2 rings (SSSR count). The van der Waals surface area contributed by atoms with Crippen molar-refractivity contribution in [3.63, 3.8) is 0 Å². The Balaban J connectivity index is 1.95. The topological polar surface area (TPSA) is 70.5 Å². The normalized spacial score (nSPS) is 20.4. The molecule has 0 amide bonds. The van der Waals surface area contributed by atoms with Crippen molar-refractivity contribution >= 4 is 10.0 Å². The molecule has 0 aliphatic carbocycles. The summed E-state index contributed by atoms with van der Waals surface area (Å²) in [7, 11) is -3.23. The van der Waals surface area contributed by atoms with Gasteiger partial charge in [0.1, 0.15) is 0 Å². The molecule has 5 nitrogen and oxygen atoms in total. The second kappa shape index (κ2) is 7.15. The minimum atomic E-state index is -3.23. The predicted molar refractivity (Wildman–Crippen MR) is 77.8 cm³/mol. The Labute approximate surface area is 120 Å². The van der Waals surface area contributed by atoms with Crippen LogP contribution in [0.3, 0.4) is 0 Å². The Kier molecular flexibility index (Phi) is 5.51. The summed E-state index contributed by atoms with van der Waals surface area (Å²) in [5.41, 5.74) is 0.808. The highest BCUT2D eigenvalue weighted by atomic mass is 32.2. The number of aryl methyl sites for hydroxylation is 1. The van der Waals surface area contributed by atoms with Crippen LogP contribution in [-0.4, -0.2) is 47.8 Å². The van der Waals surface area contributed by atoms with Gasteiger partial charge in [0.2, 0.25) is 10.0 Å². The molecule has 1 atom stereocenters. The van der Waals surface area contributed by atoms with E-state index < -0.39 is 10.0 Å². The van der Waals surface area contributed by atoms with Crippen LogP contribution in [0, 0.1) is 0 Å². The van der Waals surface area contributed by atoms with Gasteiger partial charge in [0.15, 0.2) is 0 Å². The summed E-state index contributed by atoms with van der Waals surface area (Å²) in [5.74, 6) is 0.111. The monoisotopic (exact) mass is 298 g/mol. The molecule has 0 bridgehead atoms. The summed E-state index contributed by atoms with van der Waals surface area (Å²) >= 11 is 0. The SMILES string of the molecule is O=S(=O)(CCc1ccccn1)N1CCCC1CCCO. The van der Waals surface area contributed by atoms with Gasteiger partial charge in [-0.25, -0.2) is 8.42 Å². The van der Waals surface area contributed by atoms with Crippen molar-refractivity contribution in [1.29, 1.82) is 0 Å². The van der Waals surface area contributed by atoms with Crippen LogP contribution in [0.4, 0.5) is 0 Å². The van der Waals surface area contributed by atoms with Gasteiger partial charge < -0.3 is 5.11 Å². The molecule has 1 aromatic heterocycles. The number of hydrogen-bond donors (Lipinski definition) is 1. The number of nitrogens with zero attached hydrogens (tertiary/aromatic N) is 2. The fraction of sp³-hybridized carbons (Fsp3) is 0.643. The van der Waals surface area contributed by atoms with E-state index in [9.17, 15) is 8.42 Å². The van der Waals surface area contributed by atoms with Crippen molar-refractivity contribution in [3.05, 3.63) is 30.1 Å². The number of hydrogen-bond acceptors (Lipinski definition) is 4. The fourth-order valence-electron chi connectivity index (χ4n) is 2.69. The third-order valence-electron chi connectivity index (χ3n) is 3.72. The van der Waals surface area contributed by atoms with Crippen molar-refractivity contribution in [1.82, 2.24) is 9.29 Å². The molecular weight excluding hydrogens is 276 g/mol. The molecule has 1 aliphatic heterocycles. The molecule has 1 unspecified atom stereocenters. The fourth-order valence-corrected chi connectivity index (χ4v) is 4.46. The maximum absolute atomic E-state index is 12.4. The third-order valence-corrected chi connectivity index (χ3v) is 5.63. The first-order valence-electron chi connectivity index (χ1n) is 7.14. The van der Waals surface area contributed by atoms with E-state index in [4.69, 9.17) is 5.11 Å². The minimum absolute atomic E-state index is 0.0656. The van der Waals surface area contributed by atoms with Gasteiger partial charge in [-0.15, -0.1) is 0 Å². The summed E-state index contributed by atoms with van der Waals surface area (Å²) in [4.78, 5) is 4.16. The lowest BCUT2D eigenvalue weighted by Gasteiger charge is -2.23. The van der Waals surface area contributed by atoms with Crippen molar-refractivity contribution < 1.29 is 13.5 Å². The Morgan fingerprint density at radius 1 is 1.40 bits per heavy atom. The number of pyridine rings is 1. The Hall–Kier alpha value is -0.980. The summed E-state index contributed by atoms with van der Waals surface area (Å²) in [6, 6.07) is 5.61. The van der Waals surface area contributed by atoms with Crippen LogP contribution in [0.2, 0.25) is 0 Å². The van der Waals surface area contributed by atoms with E-state index in [-0.39, 0.29) is 18.4 Å². The molecule has 1 fully saturated rings. The molecule has 0 saturated carbocycles. The van der Waals surface area contributed by atoms with E-state index in [0.29, 0.717) is 19.4 Å². The maximum Gasteiger partial charge on any atom is 0.214 e. The molecule has 6 heteroatoms. The number of sulfonamides is 1. The van der Waals surface area contributed by atoms with Gasteiger partial charge in [0.25, 0.3) is 0 Å². The van der Waals surface area contributed by atoms with Gasteiger partial charge >= 0.3 is 0 Å². The molecule has 20 heavy (non-hydrogen) atoms. The summed E-state index contributed by atoms with van der Waals surface area (Å²) in [5, 5.41) is 8.89. The van der Waals surface area contributed by atoms with Gasteiger partial charge in [0.05, 0.1) is 5.75 Å². The van der Waals surface area contributed by atoms with Gasteiger partial charge in [0, 0.05) is 37.5 Å². The molecule has 1 aromatic rings. The van der Waals surface area contributed by atoms with Gasteiger partial charge in [-0.2, -0.15) is 4.31 Å². The highest BCUT2D eigenvalue weighted by Crippen LogP contribution is 2.25. The van der Waals surface area contributed by atoms with Gasteiger partial charge in [-0.3, -0.25) is 4.98 Å². The van der Waals surface area contributed by atoms with E-state index in [1.807, 2.05) is 18.2 Å². The second-order valence-electron chi connectivity index (χ2n) is 5.16. The lowest BCUT2D eigenvalue weighted by molar-refractivity contribution is 0.264. The van der Waals surface area contributed by atoms with E-state index in [2.05, 4.69) is 4.98 Å². The molecule has 1 saturated heterocycles. The average Bonchev–Trinajstić information content (AvgIpc) is 2.93. The van der Waals surface area contributed by atoms with Crippen LogP contribution in [0.5, 0.6) is 0 Å². The maximum atomic E-state index is 12.4. The van der Waals surface area contributed by atoms with Crippen LogP contribution in [-0.2, 0) is 16.4 Å². The largest absolute Gasteiger partial charge is 0.396 e. The van der Waals surface area contributed by atoms with Crippen molar-refractivity contribution in [2.24, 2.45) is 0 Å². The quantitative estimate of drug-likeness (QED) is 0.821. The zero-order chi connectivity index (χ0) is 14.4.